The summed E-state index contributed by atoms with van der Waals surface area (Å²) in [7, 11) is 2.88. The molecule has 0 saturated heterocycles. The van der Waals surface area contributed by atoms with Crippen LogP contribution < -0.4 is 25.4 Å². The van der Waals surface area contributed by atoms with Gasteiger partial charge in [0.2, 0.25) is 5.75 Å². The smallest absolute Gasteiger partial charge is 0.271 e. The van der Waals surface area contributed by atoms with Gasteiger partial charge in [-0.15, -0.1) is 0 Å². The van der Waals surface area contributed by atoms with Crippen LogP contribution in [0.5, 0.6) is 17.2 Å². The Morgan fingerprint density at radius 2 is 1.81 bits per heavy atom. The number of aromatic nitrogens is 1. The summed E-state index contributed by atoms with van der Waals surface area (Å²) in [5.41, 5.74) is 8.51. The van der Waals surface area contributed by atoms with E-state index in [9.17, 15) is 9.59 Å². The highest BCUT2D eigenvalue weighted by Gasteiger charge is 2.14. The molecule has 26 heavy (non-hydrogen) atoms. The van der Waals surface area contributed by atoms with E-state index in [1.807, 2.05) is 0 Å². The first-order valence-electron chi connectivity index (χ1n) is 7.45. The van der Waals surface area contributed by atoms with Gasteiger partial charge in [-0.25, -0.2) is 5.43 Å². The number of methoxy groups -OCH3 is 2. The van der Waals surface area contributed by atoms with Crippen molar-refractivity contribution < 1.29 is 23.8 Å². The molecule has 136 valence electrons. The SMILES string of the molecule is COc1cc(/C=N\NC(=O)c2ccncc2)cc(OC)c1OCC(N)=O. The van der Waals surface area contributed by atoms with Crippen LogP contribution in [0.4, 0.5) is 0 Å². The summed E-state index contributed by atoms with van der Waals surface area (Å²) in [4.78, 5) is 26.7. The van der Waals surface area contributed by atoms with Gasteiger partial charge in [-0.05, 0) is 24.3 Å². The van der Waals surface area contributed by atoms with E-state index in [2.05, 4.69) is 15.5 Å². The number of nitrogens with two attached hydrogens (primary N) is 1. The molecule has 3 N–H and O–H groups in total. The van der Waals surface area contributed by atoms with Crippen molar-refractivity contribution in [2.45, 2.75) is 0 Å². The minimum absolute atomic E-state index is 0.242. The highest BCUT2D eigenvalue weighted by atomic mass is 16.5. The molecule has 2 amide bonds. The van der Waals surface area contributed by atoms with Gasteiger partial charge in [0.1, 0.15) is 0 Å². The quantitative estimate of drug-likeness (QED) is 0.529. The molecule has 0 aliphatic heterocycles. The fourth-order valence-electron chi connectivity index (χ4n) is 1.99. The number of carbonyl (C=O) groups is 2. The number of carbonyl (C=O) groups excluding carboxylic acids is 2. The van der Waals surface area contributed by atoms with Crippen LogP contribution in [0.15, 0.2) is 41.8 Å². The Labute approximate surface area is 149 Å². The second-order valence-corrected chi connectivity index (χ2v) is 4.94. The Morgan fingerprint density at radius 1 is 1.19 bits per heavy atom. The van der Waals surface area contributed by atoms with Crippen molar-refractivity contribution in [2.24, 2.45) is 10.8 Å². The lowest BCUT2D eigenvalue weighted by atomic mass is 10.2. The topological polar surface area (TPSA) is 125 Å². The van der Waals surface area contributed by atoms with Crippen LogP contribution in [0, 0.1) is 0 Å². The lowest BCUT2D eigenvalue weighted by Crippen LogP contribution is -2.20. The van der Waals surface area contributed by atoms with Gasteiger partial charge in [-0.1, -0.05) is 0 Å². The molecule has 0 aliphatic carbocycles. The van der Waals surface area contributed by atoms with Gasteiger partial charge in [0.05, 0.1) is 20.4 Å². The number of amides is 2. The molecule has 2 rings (SSSR count). The van der Waals surface area contributed by atoms with Crippen LogP contribution >= 0.6 is 0 Å². The normalized spacial score (nSPS) is 10.4. The predicted molar refractivity (Wildman–Crippen MR) is 93.5 cm³/mol. The summed E-state index contributed by atoms with van der Waals surface area (Å²) in [5, 5.41) is 3.90. The standard InChI is InChI=1S/C17H18N4O5/c1-24-13-7-11(8-14(25-2)16(13)26-10-15(18)22)9-20-21-17(23)12-3-5-19-6-4-12/h3-9H,10H2,1-2H3,(H2,18,22)(H,21,23)/b20-9-. The fourth-order valence-corrected chi connectivity index (χ4v) is 1.99. The van der Waals surface area contributed by atoms with E-state index in [0.717, 1.165) is 0 Å². The highest BCUT2D eigenvalue weighted by molar-refractivity contribution is 5.94. The molecule has 0 saturated carbocycles. The van der Waals surface area contributed by atoms with Crippen molar-refractivity contribution in [1.29, 1.82) is 0 Å². The van der Waals surface area contributed by atoms with E-state index in [1.165, 1.54) is 32.8 Å². The number of pyridine rings is 1. The Morgan fingerprint density at radius 3 is 2.35 bits per heavy atom. The van der Waals surface area contributed by atoms with Crippen molar-refractivity contribution in [2.75, 3.05) is 20.8 Å². The largest absolute Gasteiger partial charge is 0.493 e. The average molecular weight is 358 g/mol. The maximum atomic E-state index is 11.9. The molecule has 1 aromatic carbocycles. The van der Waals surface area contributed by atoms with Crippen LogP contribution in [0.3, 0.4) is 0 Å². The van der Waals surface area contributed by atoms with Gasteiger partial charge in [0.15, 0.2) is 18.1 Å². The molecule has 0 radical (unpaired) electrons. The molecule has 1 aromatic heterocycles. The van der Waals surface area contributed by atoms with Crippen molar-refractivity contribution in [3.8, 4) is 17.2 Å². The lowest BCUT2D eigenvalue weighted by molar-refractivity contribution is -0.120. The average Bonchev–Trinajstić information content (AvgIpc) is 2.66. The number of ether oxygens (including phenoxy) is 3. The molecule has 0 spiro atoms. The van der Waals surface area contributed by atoms with E-state index < -0.39 is 5.91 Å². The zero-order chi connectivity index (χ0) is 18.9. The predicted octanol–water partition coefficient (Wildman–Crippen LogP) is 0.727. The van der Waals surface area contributed by atoms with Gasteiger partial charge in [0.25, 0.3) is 11.8 Å². The second-order valence-electron chi connectivity index (χ2n) is 4.94. The maximum Gasteiger partial charge on any atom is 0.271 e. The van der Waals surface area contributed by atoms with Gasteiger partial charge in [-0.2, -0.15) is 5.10 Å². The maximum absolute atomic E-state index is 11.9. The molecule has 9 heteroatoms. The first-order chi connectivity index (χ1) is 12.5. The number of rotatable bonds is 8. The molecule has 9 nitrogen and oxygen atoms in total. The first kappa shape index (κ1) is 18.7. The third kappa shape index (κ3) is 4.94. The summed E-state index contributed by atoms with van der Waals surface area (Å²) in [6.07, 6.45) is 4.44. The zero-order valence-corrected chi connectivity index (χ0v) is 14.3. The van der Waals surface area contributed by atoms with E-state index in [0.29, 0.717) is 22.6 Å². The molecule has 2 aromatic rings. The summed E-state index contributed by atoms with van der Waals surface area (Å²) >= 11 is 0. The van der Waals surface area contributed by atoms with Crippen LogP contribution in [0.2, 0.25) is 0 Å². The van der Waals surface area contributed by atoms with Crippen LogP contribution in [-0.4, -0.2) is 43.8 Å². The number of nitrogens with zero attached hydrogens (tertiary/aromatic N) is 2. The lowest BCUT2D eigenvalue weighted by Gasteiger charge is -2.14. The van der Waals surface area contributed by atoms with Crippen molar-refractivity contribution >= 4 is 18.0 Å². The van der Waals surface area contributed by atoms with E-state index >= 15 is 0 Å². The van der Waals surface area contributed by atoms with Crippen LogP contribution in [-0.2, 0) is 4.79 Å². The summed E-state index contributed by atoms with van der Waals surface area (Å²) in [6.45, 7) is -0.317. The van der Waals surface area contributed by atoms with Crippen molar-refractivity contribution in [3.05, 3.63) is 47.8 Å². The van der Waals surface area contributed by atoms with Gasteiger partial charge < -0.3 is 19.9 Å². The third-order valence-electron chi connectivity index (χ3n) is 3.16. The molecule has 0 aliphatic rings. The second kappa shape index (κ2) is 9.02. The number of nitrogens with one attached hydrogen (secondary N) is 1. The summed E-state index contributed by atoms with van der Waals surface area (Å²) < 4.78 is 15.8. The molecular weight excluding hydrogens is 340 g/mol. The Kier molecular flexibility index (Phi) is 6.49. The minimum atomic E-state index is -0.626. The number of hydrazone groups is 1. The van der Waals surface area contributed by atoms with E-state index in [4.69, 9.17) is 19.9 Å². The van der Waals surface area contributed by atoms with Crippen molar-refractivity contribution in [1.82, 2.24) is 10.4 Å². The van der Waals surface area contributed by atoms with Gasteiger partial charge in [0, 0.05) is 23.5 Å². The van der Waals surface area contributed by atoms with E-state index in [1.54, 1.807) is 24.3 Å². The van der Waals surface area contributed by atoms with Gasteiger partial charge >= 0.3 is 0 Å². The third-order valence-corrected chi connectivity index (χ3v) is 3.16. The fraction of sp³-hybridized carbons (Fsp3) is 0.176. The van der Waals surface area contributed by atoms with Crippen molar-refractivity contribution in [3.63, 3.8) is 0 Å². The van der Waals surface area contributed by atoms with Crippen LogP contribution in [0.1, 0.15) is 15.9 Å². The molecular formula is C17H18N4O5. The van der Waals surface area contributed by atoms with Gasteiger partial charge in [-0.3, -0.25) is 14.6 Å². The molecule has 0 unspecified atom stereocenters. The molecule has 1 heterocycles. The Balaban J connectivity index is 2.16. The monoisotopic (exact) mass is 358 g/mol. The Hall–Kier alpha value is -3.62. The Bertz CT molecular complexity index is 783. The van der Waals surface area contributed by atoms with Crippen LogP contribution in [0.25, 0.3) is 0 Å². The van der Waals surface area contributed by atoms with E-state index in [-0.39, 0.29) is 18.3 Å². The first-order valence-corrected chi connectivity index (χ1v) is 7.45. The number of primary amides is 1. The number of hydrogen-bond acceptors (Lipinski definition) is 7. The minimum Gasteiger partial charge on any atom is -0.493 e. The summed E-state index contributed by atoms with van der Waals surface area (Å²) in [6, 6.07) is 6.37. The number of benzene rings is 1. The molecule has 0 fully saturated rings. The number of hydrogen-bond donors (Lipinski definition) is 2. The highest BCUT2D eigenvalue weighted by Crippen LogP contribution is 2.38. The molecule has 0 bridgehead atoms. The molecule has 0 atom stereocenters. The zero-order valence-electron chi connectivity index (χ0n) is 14.3. The summed E-state index contributed by atoms with van der Waals surface area (Å²) in [5.74, 6) is -0.102.